The first kappa shape index (κ1) is 15.4. The van der Waals surface area contributed by atoms with Gasteiger partial charge in [0.25, 0.3) is 0 Å². The Labute approximate surface area is 136 Å². The van der Waals surface area contributed by atoms with Crippen molar-refractivity contribution < 1.29 is 18.4 Å². The molecule has 0 bridgehead atoms. The molecule has 2 aromatic heterocycles. The van der Waals surface area contributed by atoms with Gasteiger partial charge in [-0.3, -0.25) is 0 Å². The molecule has 2 heterocycles. The van der Waals surface area contributed by atoms with Crippen molar-refractivity contribution in [3.63, 3.8) is 0 Å². The van der Waals surface area contributed by atoms with Gasteiger partial charge in [-0.1, -0.05) is 5.16 Å². The zero-order chi connectivity index (χ0) is 16.4. The van der Waals surface area contributed by atoms with Crippen molar-refractivity contribution in [3.8, 4) is 11.3 Å². The lowest BCUT2D eigenvalue weighted by molar-refractivity contribution is 0.0469. The summed E-state index contributed by atoms with van der Waals surface area (Å²) in [5.41, 5.74) is 2.04. The Morgan fingerprint density at radius 1 is 1.22 bits per heavy atom. The van der Waals surface area contributed by atoms with Crippen molar-refractivity contribution in [3.05, 3.63) is 63.2 Å². The summed E-state index contributed by atoms with van der Waals surface area (Å²) in [6, 6.07) is 9.56. The summed E-state index contributed by atoms with van der Waals surface area (Å²) in [4.78, 5) is 13.6. The number of benzene rings is 1. The van der Waals surface area contributed by atoms with Gasteiger partial charge in [0, 0.05) is 16.0 Å². The highest BCUT2D eigenvalue weighted by Crippen LogP contribution is 2.26. The van der Waals surface area contributed by atoms with Crippen molar-refractivity contribution in [2.24, 2.45) is 0 Å². The van der Waals surface area contributed by atoms with E-state index < -0.39 is 0 Å². The molecule has 0 amide bonds. The molecule has 3 rings (SSSR count). The number of carbonyl (C=O) groups excluding carboxylic acids is 1. The van der Waals surface area contributed by atoms with Crippen molar-refractivity contribution in [2.45, 2.75) is 20.5 Å². The summed E-state index contributed by atoms with van der Waals surface area (Å²) in [5.74, 6) is -0.150. The first-order chi connectivity index (χ1) is 11.0. The molecule has 0 spiro atoms. The monoisotopic (exact) mass is 331 g/mol. The van der Waals surface area contributed by atoms with Gasteiger partial charge in [0.05, 0.1) is 0 Å². The molecule has 3 aromatic rings. The van der Waals surface area contributed by atoms with E-state index in [0.29, 0.717) is 16.3 Å². The van der Waals surface area contributed by atoms with E-state index in [1.165, 1.54) is 23.5 Å². The van der Waals surface area contributed by atoms with E-state index in [9.17, 15) is 9.18 Å². The molecule has 6 heteroatoms. The molecule has 0 unspecified atom stereocenters. The molecule has 23 heavy (non-hydrogen) atoms. The molecule has 0 fully saturated rings. The fraction of sp³-hybridized carbons (Fsp3) is 0.176. The quantitative estimate of drug-likeness (QED) is 0.660. The Hall–Kier alpha value is -2.47. The van der Waals surface area contributed by atoms with Crippen LogP contribution in [-0.4, -0.2) is 11.1 Å². The second kappa shape index (κ2) is 6.34. The number of carbonyl (C=O) groups is 1. The highest BCUT2D eigenvalue weighted by atomic mass is 32.1. The number of aromatic nitrogens is 1. The van der Waals surface area contributed by atoms with Gasteiger partial charge in [-0.15, -0.1) is 11.3 Å². The molecule has 0 aliphatic heterocycles. The van der Waals surface area contributed by atoms with Crippen LogP contribution in [0.5, 0.6) is 0 Å². The Kier molecular flexibility index (Phi) is 4.25. The number of halogens is 1. The summed E-state index contributed by atoms with van der Waals surface area (Å²) >= 11 is 1.38. The van der Waals surface area contributed by atoms with Crippen molar-refractivity contribution in [2.75, 3.05) is 0 Å². The first-order valence-corrected chi connectivity index (χ1v) is 7.81. The maximum atomic E-state index is 13.0. The van der Waals surface area contributed by atoms with Crippen LogP contribution in [0.25, 0.3) is 11.3 Å². The predicted octanol–water partition coefficient (Wildman–Crippen LogP) is 4.52. The SMILES string of the molecule is Cc1ccc(C(=O)OCc2noc(-c3ccc(F)cc3)c2C)s1. The lowest BCUT2D eigenvalue weighted by atomic mass is 10.1. The Morgan fingerprint density at radius 2 is 1.96 bits per heavy atom. The van der Waals surface area contributed by atoms with Gasteiger partial charge in [0.2, 0.25) is 0 Å². The molecule has 118 valence electrons. The molecular formula is C17H14FNO3S. The molecular weight excluding hydrogens is 317 g/mol. The van der Waals surface area contributed by atoms with Crippen LogP contribution in [0.15, 0.2) is 40.9 Å². The lowest BCUT2D eigenvalue weighted by Crippen LogP contribution is -2.04. The topological polar surface area (TPSA) is 52.3 Å². The standard InChI is InChI=1S/C17H14FNO3S/c1-10-3-8-15(23-10)17(20)21-9-14-11(2)16(22-19-14)12-4-6-13(18)7-5-12/h3-8H,9H2,1-2H3. The number of hydrogen-bond acceptors (Lipinski definition) is 5. The third-order valence-corrected chi connectivity index (χ3v) is 4.39. The maximum Gasteiger partial charge on any atom is 0.348 e. The van der Waals surface area contributed by atoms with Crippen LogP contribution in [-0.2, 0) is 11.3 Å². The van der Waals surface area contributed by atoms with Crippen LogP contribution in [0, 0.1) is 19.7 Å². The minimum Gasteiger partial charge on any atom is -0.455 e. The van der Waals surface area contributed by atoms with Crippen LogP contribution in [0.3, 0.4) is 0 Å². The van der Waals surface area contributed by atoms with Crippen LogP contribution >= 0.6 is 11.3 Å². The second-order valence-corrected chi connectivity index (χ2v) is 6.36. The summed E-state index contributed by atoms with van der Waals surface area (Å²) in [6.07, 6.45) is 0. The number of nitrogens with zero attached hydrogens (tertiary/aromatic N) is 1. The number of esters is 1. The third kappa shape index (κ3) is 3.32. The molecule has 0 atom stereocenters. The molecule has 0 radical (unpaired) electrons. The number of hydrogen-bond donors (Lipinski definition) is 0. The van der Waals surface area contributed by atoms with Crippen LogP contribution < -0.4 is 0 Å². The lowest BCUT2D eigenvalue weighted by Gasteiger charge is -2.01. The fourth-order valence-electron chi connectivity index (χ4n) is 2.12. The maximum absolute atomic E-state index is 13.0. The van der Waals surface area contributed by atoms with Gasteiger partial charge >= 0.3 is 5.97 Å². The average Bonchev–Trinajstić information content (AvgIpc) is 3.12. The normalized spacial score (nSPS) is 10.7. The molecule has 0 saturated carbocycles. The first-order valence-electron chi connectivity index (χ1n) is 6.99. The van der Waals surface area contributed by atoms with E-state index in [1.807, 2.05) is 19.9 Å². The Morgan fingerprint density at radius 3 is 2.61 bits per heavy atom. The van der Waals surface area contributed by atoms with Crippen molar-refractivity contribution >= 4 is 17.3 Å². The van der Waals surface area contributed by atoms with Crippen LogP contribution in [0.2, 0.25) is 0 Å². The minimum absolute atomic E-state index is 0.0340. The molecule has 0 N–H and O–H groups in total. The molecule has 0 aliphatic carbocycles. The minimum atomic E-state index is -0.381. The Bertz CT molecular complexity index is 836. The highest BCUT2D eigenvalue weighted by Gasteiger charge is 2.16. The van der Waals surface area contributed by atoms with Crippen molar-refractivity contribution in [1.29, 1.82) is 0 Å². The molecule has 0 aliphatic rings. The number of aryl methyl sites for hydroxylation is 1. The van der Waals surface area contributed by atoms with E-state index in [4.69, 9.17) is 9.26 Å². The van der Waals surface area contributed by atoms with E-state index >= 15 is 0 Å². The molecule has 1 aromatic carbocycles. The van der Waals surface area contributed by atoms with E-state index in [1.54, 1.807) is 18.2 Å². The van der Waals surface area contributed by atoms with E-state index in [0.717, 1.165) is 16.0 Å². The van der Waals surface area contributed by atoms with Gasteiger partial charge in [0.15, 0.2) is 5.76 Å². The van der Waals surface area contributed by atoms with Crippen LogP contribution in [0.4, 0.5) is 4.39 Å². The third-order valence-electron chi connectivity index (χ3n) is 3.41. The zero-order valence-electron chi connectivity index (χ0n) is 12.6. The van der Waals surface area contributed by atoms with Crippen LogP contribution in [0.1, 0.15) is 25.8 Å². The smallest absolute Gasteiger partial charge is 0.348 e. The Balaban J connectivity index is 1.72. The zero-order valence-corrected chi connectivity index (χ0v) is 13.4. The predicted molar refractivity (Wildman–Crippen MR) is 84.8 cm³/mol. The molecule has 4 nitrogen and oxygen atoms in total. The van der Waals surface area contributed by atoms with Gasteiger partial charge in [0.1, 0.15) is 23.0 Å². The van der Waals surface area contributed by atoms with Crippen molar-refractivity contribution in [1.82, 2.24) is 5.16 Å². The summed E-state index contributed by atoms with van der Waals surface area (Å²) < 4.78 is 23.5. The largest absolute Gasteiger partial charge is 0.455 e. The average molecular weight is 331 g/mol. The summed E-state index contributed by atoms with van der Waals surface area (Å²) in [5, 5.41) is 3.94. The van der Waals surface area contributed by atoms with Gasteiger partial charge in [-0.25, -0.2) is 9.18 Å². The van der Waals surface area contributed by atoms with Gasteiger partial charge in [-0.2, -0.15) is 0 Å². The fourth-order valence-corrected chi connectivity index (χ4v) is 2.88. The molecule has 0 saturated heterocycles. The second-order valence-electron chi connectivity index (χ2n) is 5.08. The number of rotatable bonds is 4. The highest BCUT2D eigenvalue weighted by molar-refractivity contribution is 7.13. The van der Waals surface area contributed by atoms with E-state index in [-0.39, 0.29) is 18.4 Å². The summed E-state index contributed by atoms with van der Waals surface area (Å²) in [6.45, 7) is 3.79. The van der Waals surface area contributed by atoms with Gasteiger partial charge in [-0.05, 0) is 50.2 Å². The number of ether oxygens (including phenoxy) is 1. The van der Waals surface area contributed by atoms with E-state index in [2.05, 4.69) is 5.16 Å². The van der Waals surface area contributed by atoms with Gasteiger partial charge < -0.3 is 9.26 Å². The summed E-state index contributed by atoms with van der Waals surface area (Å²) in [7, 11) is 0. The number of thiophene rings is 1.